The van der Waals surface area contributed by atoms with Crippen LogP contribution < -0.4 is 5.32 Å². The van der Waals surface area contributed by atoms with Gasteiger partial charge in [0.2, 0.25) is 11.8 Å². The van der Waals surface area contributed by atoms with E-state index in [4.69, 9.17) is 0 Å². The Kier molecular flexibility index (Phi) is 3.14. The highest BCUT2D eigenvalue weighted by Gasteiger charge is 2.33. The molecule has 2 rings (SSSR count). The van der Waals surface area contributed by atoms with Gasteiger partial charge in [0.05, 0.1) is 0 Å². The molecule has 0 bridgehead atoms. The zero-order valence-electron chi connectivity index (χ0n) is 10.3. The zero-order valence-corrected chi connectivity index (χ0v) is 10.3. The van der Waals surface area contributed by atoms with Crippen LogP contribution in [0.3, 0.4) is 0 Å². The van der Waals surface area contributed by atoms with E-state index in [9.17, 15) is 14.4 Å². The van der Waals surface area contributed by atoms with E-state index in [2.05, 4.69) is 5.32 Å². The fraction of sp³-hybridized carbons (Fsp3) is 0.308. The first-order valence-electron chi connectivity index (χ1n) is 5.70. The second kappa shape index (κ2) is 4.60. The van der Waals surface area contributed by atoms with Gasteiger partial charge in [-0.3, -0.25) is 19.7 Å². The number of carbonyl (C=O) groups is 3. The van der Waals surface area contributed by atoms with Crippen LogP contribution in [0.1, 0.15) is 22.8 Å². The number of aryl methyl sites for hydroxylation is 1. The van der Waals surface area contributed by atoms with Gasteiger partial charge >= 0.3 is 0 Å². The molecule has 1 saturated heterocycles. The largest absolute Gasteiger partial charge is 0.318 e. The van der Waals surface area contributed by atoms with Crippen LogP contribution in [0.4, 0.5) is 0 Å². The van der Waals surface area contributed by atoms with Crippen LogP contribution in [0.5, 0.6) is 0 Å². The highest BCUT2D eigenvalue weighted by molar-refractivity contribution is 6.07. The maximum atomic E-state index is 12.2. The fourth-order valence-corrected chi connectivity index (χ4v) is 1.91. The Labute approximate surface area is 105 Å². The molecule has 5 heteroatoms. The van der Waals surface area contributed by atoms with Gasteiger partial charge in [-0.05, 0) is 26.0 Å². The van der Waals surface area contributed by atoms with E-state index in [0.717, 1.165) is 5.56 Å². The molecule has 18 heavy (non-hydrogen) atoms. The molecule has 0 saturated carbocycles. The summed E-state index contributed by atoms with van der Waals surface area (Å²) in [6.07, 6.45) is 0. The van der Waals surface area contributed by atoms with Crippen molar-refractivity contribution in [3.8, 4) is 0 Å². The Morgan fingerprint density at radius 3 is 2.78 bits per heavy atom. The van der Waals surface area contributed by atoms with Crippen LogP contribution in [0, 0.1) is 6.92 Å². The molecule has 0 spiro atoms. The van der Waals surface area contributed by atoms with Crippen LogP contribution in [0.15, 0.2) is 24.3 Å². The fourth-order valence-electron chi connectivity index (χ4n) is 1.91. The number of piperazine rings is 1. The summed E-state index contributed by atoms with van der Waals surface area (Å²) >= 11 is 0. The van der Waals surface area contributed by atoms with Gasteiger partial charge < -0.3 is 4.90 Å². The van der Waals surface area contributed by atoms with Gasteiger partial charge in [-0.25, -0.2) is 0 Å². The molecule has 1 atom stereocenters. The number of hydrogen-bond donors (Lipinski definition) is 1. The van der Waals surface area contributed by atoms with Gasteiger partial charge in [-0.2, -0.15) is 0 Å². The quantitative estimate of drug-likeness (QED) is 0.733. The summed E-state index contributed by atoms with van der Waals surface area (Å²) in [7, 11) is 0. The Hall–Kier alpha value is -2.17. The van der Waals surface area contributed by atoms with E-state index < -0.39 is 17.9 Å². The third-order valence-electron chi connectivity index (χ3n) is 2.95. The molecule has 0 aromatic heterocycles. The van der Waals surface area contributed by atoms with Gasteiger partial charge in [0.25, 0.3) is 5.91 Å². The van der Waals surface area contributed by atoms with Crippen molar-refractivity contribution in [2.24, 2.45) is 0 Å². The molecule has 1 aromatic rings. The highest BCUT2D eigenvalue weighted by atomic mass is 16.2. The molecule has 1 heterocycles. The summed E-state index contributed by atoms with van der Waals surface area (Å²) in [6.45, 7) is 3.41. The summed E-state index contributed by atoms with van der Waals surface area (Å²) in [5.74, 6) is -1.18. The molecule has 0 radical (unpaired) electrons. The number of benzene rings is 1. The van der Waals surface area contributed by atoms with Gasteiger partial charge in [0.15, 0.2) is 0 Å². The maximum Gasteiger partial charge on any atom is 0.255 e. The molecule has 1 aliphatic heterocycles. The predicted octanol–water partition coefficient (Wildman–Crippen LogP) is 0.482. The van der Waals surface area contributed by atoms with E-state index >= 15 is 0 Å². The lowest BCUT2D eigenvalue weighted by Crippen LogP contribution is -2.58. The van der Waals surface area contributed by atoms with Crippen LogP contribution in [0.25, 0.3) is 0 Å². The zero-order chi connectivity index (χ0) is 13.3. The van der Waals surface area contributed by atoms with E-state index in [1.165, 1.54) is 4.90 Å². The molecular formula is C13H14N2O3. The van der Waals surface area contributed by atoms with Crippen molar-refractivity contribution in [2.75, 3.05) is 6.54 Å². The Morgan fingerprint density at radius 1 is 1.39 bits per heavy atom. The molecular weight excluding hydrogens is 232 g/mol. The first kappa shape index (κ1) is 12.3. The second-order valence-electron chi connectivity index (χ2n) is 4.39. The van der Waals surface area contributed by atoms with Crippen LogP contribution in [0.2, 0.25) is 0 Å². The van der Waals surface area contributed by atoms with Crippen LogP contribution >= 0.6 is 0 Å². The standard InChI is InChI=1S/C13H14N2O3/c1-8-4-3-5-10(6-8)13(18)15-7-11(16)14-12(17)9(15)2/h3-6,9H,7H2,1-2H3,(H,14,16,17). The Bertz CT molecular complexity index is 525. The summed E-state index contributed by atoms with van der Waals surface area (Å²) in [5.41, 5.74) is 1.45. The second-order valence-corrected chi connectivity index (χ2v) is 4.39. The van der Waals surface area contributed by atoms with Crippen molar-refractivity contribution < 1.29 is 14.4 Å². The van der Waals surface area contributed by atoms with Crippen LogP contribution in [-0.2, 0) is 9.59 Å². The monoisotopic (exact) mass is 246 g/mol. The van der Waals surface area contributed by atoms with Gasteiger partial charge in [-0.1, -0.05) is 17.7 Å². The third kappa shape index (κ3) is 2.25. The summed E-state index contributed by atoms with van der Waals surface area (Å²) < 4.78 is 0. The Balaban J connectivity index is 2.27. The number of rotatable bonds is 1. The van der Waals surface area contributed by atoms with Crippen molar-refractivity contribution in [3.05, 3.63) is 35.4 Å². The molecule has 3 amide bonds. The lowest BCUT2D eigenvalue weighted by molar-refractivity contribution is -0.138. The summed E-state index contributed by atoms with van der Waals surface area (Å²) in [4.78, 5) is 36.3. The summed E-state index contributed by atoms with van der Waals surface area (Å²) in [5, 5.41) is 2.20. The molecule has 1 aliphatic rings. The average Bonchev–Trinajstić information content (AvgIpc) is 2.33. The smallest absolute Gasteiger partial charge is 0.255 e. The number of nitrogens with zero attached hydrogens (tertiary/aromatic N) is 1. The van der Waals surface area contributed by atoms with Gasteiger partial charge in [-0.15, -0.1) is 0 Å². The van der Waals surface area contributed by atoms with Crippen molar-refractivity contribution in [1.29, 1.82) is 0 Å². The average molecular weight is 246 g/mol. The lowest BCUT2D eigenvalue weighted by Gasteiger charge is -2.31. The van der Waals surface area contributed by atoms with Crippen molar-refractivity contribution in [3.63, 3.8) is 0 Å². The first-order chi connectivity index (χ1) is 8.49. The number of nitrogens with one attached hydrogen (secondary N) is 1. The van der Waals surface area contributed by atoms with E-state index in [1.807, 2.05) is 13.0 Å². The van der Waals surface area contributed by atoms with Crippen molar-refractivity contribution >= 4 is 17.7 Å². The van der Waals surface area contributed by atoms with E-state index in [0.29, 0.717) is 5.56 Å². The van der Waals surface area contributed by atoms with E-state index in [-0.39, 0.29) is 12.5 Å². The van der Waals surface area contributed by atoms with Gasteiger partial charge in [0.1, 0.15) is 12.6 Å². The highest BCUT2D eigenvalue weighted by Crippen LogP contribution is 2.12. The lowest BCUT2D eigenvalue weighted by atomic mass is 10.1. The molecule has 5 nitrogen and oxygen atoms in total. The van der Waals surface area contributed by atoms with Gasteiger partial charge in [0, 0.05) is 5.56 Å². The number of carbonyl (C=O) groups excluding carboxylic acids is 3. The number of hydrogen-bond acceptors (Lipinski definition) is 3. The molecule has 1 fully saturated rings. The number of amides is 3. The molecule has 0 aliphatic carbocycles. The molecule has 1 aromatic carbocycles. The topological polar surface area (TPSA) is 66.5 Å². The van der Waals surface area contributed by atoms with Crippen molar-refractivity contribution in [1.82, 2.24) is 10.2 Å². The minimum absolute atomic E-state index is 0.0836. The first-order valence-corrected chi connectivity index (χ1v) is 5.70. The normalized spacial score (nSPS) is 19.7. The minimum Gasteiger partial charge on any atom is -0.318 e. The Morgan fingerprint density at radius 2 is 2.11 bits per heavy atom. The van der Waals surface area contributed by atoms with Crippen molar-refractivity contribution in [2.45, 2.75) is 19.9 Å². The molecule has 1 N–H and O–H groups in total. The molecule has 94 valence electrons. The minimum atomic E-state index is -0.629. The number of imide groups is 1. The van der Waals surface area contributed by atoms with Crippen LogP contribution in [-0.4, -0.2) is 35.2 Å². The SMILES string of the molecule is Cc1cccc(C(=O)N2CC(=O)NC(=O)C2C)c1. The maximum absolute atomic E-state index is 12.2. The summed E-state index contributed by atoms with van der Waals surface area (Å²) in [6, 6.07) is 6.45. The predicted molar refractivity (Wildman–Crippen MR) is 64.8 cm³/mol. The molecule has 1 unspecified atom stereocenters. The van der Waals surface area contributed by atoms with E-state index in [1.54, 1.807) is 25.1 Å². The third-order valence-corrected chi connectivity index (χ3v) is 2.95.